The molecule has 0 atom stereocenters. The Hall–Kier alpha value is -1.51. The van der Waals surface area contributed by atoms with E-state index in [-0.39, 0.29) is 0 Å². The molecule has 3 nitrogen and oxygen atoms in total. The number of rotatable bonds is 1. The third-order valence-electron chi connectivity index (χ3n) is 3.39. The second kappa shape index (κ2) is 4.56. The van der Waals surface area contributed by atoms with Gasteiger partial charge in [-0.25, -0.2) is 4.79 Å². The zero-order valence-electron chi connectivity index (χ0n) is 9.52. The highest BCUT2D eigenvalue weighted by atomic mass is 16.4. The Morgan fingerprint density at radius 2 is 1.94 bits per heavy atom. The monoisotopic (exact) mass is 219 g/mol. The molecule has 16 heavy (non-hydrogen) atoms. The number of amides is 1. The van der Waals surface area contributed by atoms with Crippen molar-refractivity contribution >= 4 is 6.09 Å². The third-order valence-corrected chi connectivity index (χ3v) is 3.39. The molecule has 0 unspecified atom stereocenters. The molecule has 1 fully saturated rings. The van der Waals surface area contributed by atoms with Gasteiger partial charge in [-0.1, -0.05) is 24.3 Å². The van der Waals surface area contributed by atoms with Crippen LogP contribution in [-0.2, 0) is 0 Å². The normalized spacial score (nSPS) is 17.4. The molecule has 0 bridgehead atoms. The number of likely N-dealkylation sites (tertiary alicyclic amines) is 1. The summed E-state index contributed by atoms with van der Waals surface area (Å²) in [5.41, 5.74) is 2.70. The lowest BCUT2D eigenvalue weighted by Crippen LogP contribution is -2.36. The Kier molecular flexibility index (Phi) is 3.13. The molecule has 1 heterocycles. The Balaban J connectivity index is 2.05. The van der Waals surface area contributed by atoms with Gasteiger partial charge in [-0.05, 0) is 36.8 Å². The number of carbonyl (C=O) groups is 1. The van der Waals surface area contributed by atoms with Crippen LogP contribution in [0.3, 0.4) is 0 Å². The molecule has 0 radical (unpaired) electrons. The van der Waals surface area contributed by atoms with E-state index in [4.69, 9.17) is 5.11 Å². The highest BCUT2D eigenvalue weighted by molar-refractivity contribution is 5.65. The van der Waals surface area contributed by atoms with E-state index < -0.39 is 6.09 Å². The third kappa shape index (κ3) is 2.18. The summed E-state index contributed by atoms with van der Waals surface area (Å²) < 4.78 is 0. The van der Waals surface area contributed by atoms with Crippen molar-refractivity contribution in [3.63, 3.8) is 0 Å². The van der Waals surface area contributed by atoms with Crippen LogP contribution in [0, 0.1) is 6.92 Å². The molecule has 0 spiro atoms. The summed E-state index contributed by atoms with van der Waals surface area (Å²) in [6, 6.07) is 8.40. The maximum Gasteiger partial charge on any atom is 0.407 e. The standard InChI is InChI=1S/C13H17NO2/c1-10-4-2-3-5-12(10)11-6-8-14(9-7-11)13(15)16/h2-5,11H,6-9H2,1H3,(H,15,16). The van der Waals surface area contributed by atoms with Crippen molar-refractivity contribution in [3.05, 3.63) is 35.4 Å². The van der Waals surface area contributed by atoms with Gasteiger partial charge in [-0.2, -0.15) is 0 Å². The Morgan fingerprint density at radius 3 is 2.50 bits per heavy atom. The first-order chi connectivity index (χ1) is 7.68. The highest BCUT2D eigenvalue weighted by Gasteiger charge is 2.23. The summed E-state index contributed by atoms with van der Waals surface area (Å²) in [4.78, 5) is 12.3. The molecular weight excluding hydrogens is 202 g/mol. The van der Waals surface area contributed by atoms with E-state index >= 15 is 0 Å². The van der Waals surface area contributed by atoms with Gasteiger partial charge in [-0.15, -0.1) is 0 Å². The van der Waals surface area contributed by atoms with Gasteiger partial charge >= 0.3 is 6.09 Å². The first kappa shape index (κ1) is 11.0. The number of nitrogens with zero attached hydrogens (tertiary/aromatic N) is 1. The lowest BCUT2D eigenvalue weighted by atomic mass is 9.87. The molecular formula is C13H17NO2. The number of aryl methyl sites for hydroxylation is 1. The van der Waals surface area contributed by atoms with Gasteiger partial charge in [0.15, 0.2) is 0 Å². The van der Waals surface area contributed by atoms with E-state index in [0.717, 1.165) is 12.8 Å². The van der Waals surface area contributed by atoms with Crippen LogP contribution in [-0.4, -0.2) is 29.2 Å². The minimum absolute atomic E-state index is 0.525. The fourth-order valence-electron chi connectivity index (χ4n) is 2.43. The van der Waals surface area contributed by atoms with E-state index in [0.29, 0.717) is 19.0 Å². The van der Waals surface area contributed by atoms with Gasteiger partial charge in [0.05, 0.1) is 0 Å². The smallest absolute Gasteiger partial charge is 0.407 e. The second-order valence-electron chi connectivity index (χ2n) is 4.40. The zero-order chi connectivity index (χ0) is 11.5. The Labute approximate surface area is 95.7 Å². The lowest BCUT2D eigenvalue weighted by Gasteiger charge is -2.30. The molecule has 1 aromatic carbocycles. The van der Waals surface area contributed by atoms with Gasteiger partial charge in [0.1, 0.15) is 0 Å². The summed E-state index contributed by atoms with van der Waals surface area (Å²) in [5, 5.41) is 8.88. The van der Waals surface area contributed by atoms with Crippen LogP contribution in [0.25, 0.3) is 0 Å². The van der Waals surface area contributed by atoms with E-state index in [2.05, 4.69) is 25.1 Å². The zero-order valence-corrected chi connectivity index (χ0v) is 9.52. The summed E-state index contributed by atoms with van der Waals surface area (Å²) in [6.07, 6.45) is 1.09. The van der Waals surface area contributed by atoms with Crippen molar-refractivity contribution < 1.29 is 9.90 Å². The van der Waals surface area contributed by atoms with E-state index in [9.17, 15) is 4.79 Å². The molecule has 1 aliphatic heterocycles. The van der Waals surface area contributed by atoms with Crippen LogP contribution >= 0.6 is 0 Å². The number of carboxylic acid groups (broad SMARTS) is 1. The predicted molar refractivity (Wildman–Crippen MR) is 62.8 cm³/mol. The van der Waals surface area contributed by atoms with E-state index in [1.807, 2.05) is 6.07 Å². The van der Waals surface area contributed by atoms with Crippen molar-refractivity contribution in [2.75, 3.05) is 13.1 Å². The van der Waals surface area contributed by atoms with Crippen LogP contribution in [0.4, 0.5) is 4.79 Å². The van der Waals surface area contributed by atoms with Crippen molar-refractivity contribution in [1.29, 1.82) is 0 Å². The van der Waals surface area contributed by atoms with Gasteiger partial charge in [0.2, 0.25) is 0 Å². The fourth-order valence-corrected chi connectivity index (χ4v) is 2.43. The molecule has 1 aliphatic rings. The first-order valence-electron chi connectivity index (χ1n) is 5.72. The van der Waals surface area contributed by atoms with Gasteiger partial charge in [-0.3, -0.25) is 0 Å². The lowest BCUT2D eigenvalue weighted by molar-refractivity contribution is 0.132. The van der Waals surface area contributed by atoms with Gasteiger partial charge in [0.25, 0.3) is 0 Å². The molecule has 2 rings (SSSR count). The average molecular weight is 219 g/mol. The largest absolute Gasteiger partial charge is 0.465 e. The van der Waals surface area contributed by atoms with Crippen LogP contribution in [0.2, 0.25) is 0 Å². The second-order valence-corrected chi connectivity index (χ2v) is 4.40. The predicted octanol–water partition coefficient (Wildman–Crippen LogP) is 2.85. The minimum atomic E-state index is -0.789. The summed E-state index contributed by atoms with van der Waals surface area (Å²) in [5.74, 6) is 0.525. The Morgan fingerprint density at radius 1 is 1.31 bits per heavy atom. The summed E-state index contributed by atoms with van der Waals surface area (Å²) >= 11 is 0. The maximum absolute atomic E-state index is 10.8. The number of hydrogen-bond donors (Lipinski definition) is 1. The number of piperidine rings is 1. The van der Waals surface area contributed by atoms with Crippen molar-refractivity contribution in [3.8, 4) is 0 Å². The quantitative estimate of drug-likeness (QED) is 0.789. The van der Waals surface area contributed by atoms with Crippen LogP contribution in [0.15, 0.2) is 24.3 Å². The van der Waals surface area contributed by atoms with Crippen molar-refractivity contribution in [1.82, 2.24) is 4.90 Å². The van der Waals surface area contributed by atoms with Crippen LogP contribution in [0.1, 0.15) is 29.9 Å². The van der Waals surface area contributed by atoms with Crippen LogP contribution < -0.4 is 0 Å². The summed E-state index contributed by atoms with van der Waals surface area (Å²) in [6.45, 7) is 3.45. The molecule has 0 saturated carbocycles. The molecule has 0 aliphatic carbocycles. The topological polar surface area (TPSA) is 40.5 Å². The maximum atomic E-state index is 10.8. The molecule has 1 N–H and O–H groups in total. The van der Waals surface area contributed by atoms with Crippen molar-refractivity contribution in [2.24, 2.45) is 0 Å². The molecule has 1 saturated heterocycles. The summed E-state index contributed by atoms with van der Waals surface area (Å²) in [7, 11) is 0. The van der Waals surface area contributed by atoms with E-state index in [1.165, 1.54) is 16.0 Å². The molecule has 3 heteroatoms. The molecule has 86 valence electrons. The van der Waals surface area contributed by atoms with Gasteiger partial charge in [0, 0.05) is 13.1 Å². The van der Waals surface area contributed by atoms with E-state index in [1.54, 1.807) is 0 Å². The molecule has 1 aromatic rings. The number of hydrogen-bond acceptors (Lipinski definition) is 1. The van der Waals surface area contributed by atoms with Gasteiger partial charge < -0.3 is 10.0 Å². The molecule has 0 aromatic heterocycles. The Bertz CT molecular complexity index is 381. The first-order valence-corrected chi connectivity index (χ1v) is 5.72. The fraction of sp³-hybridized carbons (Fsp3) is 0.462. The number of benzene rings is 1. The minimum Gasteiger partial charge on any atom is -0.465 e. The van der Waals surface area contributed by atoms with Crippen LogP contribution in [0.5, 0.6) is 0 Å². The highest BCUT2D eigenvalue weighted by Crippen LogP contribution is 2.29. The van der Waals surface area contributed by atoms with Crippen molar-refractivity contribution in [2.45, 2.75) is 25.7 Å². The molecule has 1 amide bonds. The SMILES string of the molecule is Cc1ccccc1C1CCN(C(=O)O)CC1. The average Bonchev–Trinajstić information content (AvgIpc) is 2.30.